The molecule has 0 amide bonds. The fraction of sp³-hybridized carbons (Fsp3) is 0.417. The van der Waals surface area contributed by atoms with E-state index in [0.29, 0.717) is 11.4 Å². The first kappa shape index (κ1) is 21.0. The van der Waals surface area contributed by atoms with E-state index in [9.17, 15) is 4.79 Å². The number of likely N-dealkylation sites (tertiary alicyclic amines) is 1. The topological polar surface area (TPSA) is 58.4 Å². The lowest BCUT2D eigenvalue weighted by Crippen LogP contribution is -2.30. The Labute approximate surface area is 181 Å². The lowest BCUT2D eigenvalue weighted by molar-refractivity contribution is 0.226. The van der Waals surface area contributed by atoms with E-state index in [0.717, 1.165) is 67.3 Å². The van der Waals surface area contributed by atoms with Crippen LogP contribution in [-0.2, 0) is 6.42 Å². The summed E-state index contributed by atoms with van der Waals surface area (Å²) < 4.78 is 1.74. The third-order valence-electron chi connectivity index (χ3n) is 5.96. The largest absolute Gasteiger partial charge is 0.396 e. The maximum absolute atomic E-state index is 13.3. The number of nitrogens with zero attached hydrogens (tertiary/aromatic N) is 3. The zero-order valence-corrected chi connectivity index (χ0v) is 17.9. The van der Waals surface area contributed by atoms with Crippen LogP contribution in [0.3, 0.4) is 0 Å². The zero-order chi connectivity index (χ0) is 20.9. The summed E-state index contributed by atoms with van der Waals surface area (Å²) in [5.74, 6) is 0. The van der Waals surface area contributed by atoms with Crippen molar-refractivity contribution in [1.82, 2.24) is 14.7 Å². The van der Waals surface area contributed by atoms with Gasteiger partial charge in [0.25, 0.3) is 5.56 Å². The van der Waals surface area contributed by atoms with Crippen molar-refractivity contribution >= 4 is 22.4 Å². The maximum atomic E-state index is 13.3. The van der Waals surface area contributed by atoms with Crippen LogP contribution >= 0.6 is 11.6 Å². The Morgan fingerprint density at radius 2 is 1.80 bits per heavy atom. The van der Waals surface area contributed by atoms with Crippen LogP contribution in [0.4, 0.5) is 0 Å². The van der Waals surface area contributed by atoms with Gasteiger partial charge in [0.2, 0.25) is 0 Å². The molecule has 1 aromatic heterocycles. The van der Waals surface area contributed by atoms with Gasteiger partial charge in [-0.1, -0.05) is 41.9 Å². The van der Waals surface area contributed by atoms with Crippen LogP contribution < -0.4 is 5.56 Å². The first-order valence-electron chi connectivity index (χ1n) is 10.7. The molecule has 1 N–H and O–H groups in total. The summed E-state index contributed by atoms with van der Waals surface area (Å²) in [5.41, 5.74) is 2.05. The Balaban J connectivity index is 1.67. The summed E-state index contributed by atoms with van der Waals surface area (Å²) in [4.78, 5) is 15.7. The molecule has 3 aromatic rings. The standard InChI is InChI=1S/C24H28ClN3O2/c25-19-10-8-18(9-11-19)17-23-21-6-1-2-7-22(21)24(30)28(26-23)20-5-3-13-27(15-12-20)14-4-16-29/h1-2,6-11,20,29H,3-5,12-17H2. The molecule has 5 nitrogen and oxygen atoms in total. The number of hydrogen-bond acceptors (Lipinski definition) is 4. The van der Waals surface area contributed by atoms with E-state index in [1.165, 1.54) is 0 Å². The van der Waals surface area contributed by atoms with Crippen molar-refractivity contribution < 1.29 is 5.11 Å². The predicted molar refractivity (Wildman–Crippen MR) is 121 cm³/mol. The van der Waals surface area contributed by atoms with Crippen LogP contribution in [-0.4, -0.2) is 46.0 Å². The second kappa shape index (κ2) is 9.73. The number of fused-ring (bicyclic) bond motifs is 1. The Morgan fingerprint density at radius 1 is 1.03 bits per heavy atom. The monoisotopic (exact) mass is 425 g/mol. The molecular weight excluding hydrogens is 398 g/mol. The molecule has 0 saturated carbocycles. The van der Waals surface area contributed by atoms with Gasteiger partial charge in [-0.2, -0.15) is 5.10 Å². The van der Waals surface area contributed by atoms with Gasteiger partial charge in [0.05, 0.1) is 17.1 Å². The van der Waals surface area contributed by atoms with Crippen molar-refractivity contribution in [3.63, 3.8) is 0 Å². The van der Waals surface area contributed by atoms with E-state index in [4.69, 9.17) is 21.8 Å². The summed E-state index contributed by atoms with van der Waals surface area (Å²) >= 11 is 6.04. The molecule has 0 bridgehead atoms. The molecule has 6 heteroatoms. The third-order valence-corrected chi connectivity index (χ3v) is 6.21. The van der Waals surface area contributed by atoms with Crippen LogP contribution in [0.15, 0.2) is 53.3 Å². The van der Waals surface area contributed by atoms with E-state index in [1.54, 1.807) is 4.68 Å². The van der Waals surface area contributed by atoms with Crippen molar-refractivity contribution in [2.24, 2.45) is 0 Å². The molecule has 1 atom stereocenters. The molecule has 4 rings (SSSR count). The minimum Gasteiger partial charge on any atom is -0.396 e. The predicted octanol–water partition coefficient (Wildman–Crippen LogP) is 4.05. The summed E-state index contributed by atoms with van der Waals surface area (Å²) in [5, 5.41) is 16.4. The first-order chi connectivity index (χ1) is 14.7. The quantitative estimate of drug-likeness (QED) is 0.647. The Kier molecular flexibility index (Phi) is 6.82. The number of aromatic nitrogens is 2. The third kappa shape index (κ3) is 4.75. The highest BCUT2D eigenvalue weighted by atomic mass is 35.5. The Morgan fingerprint density at radius 3 is 2.57 bits per heavy atom. The second-order valence-corrected chi connectivity index (χ2v) is 8.49. The van der Waals surface area contributed by atoms with Crippen molar-refractivity contribution in [2.75, 3.05) is 26.2 Å². The van der Waals surface area contributed by atoms with Crippen molar-refractivity contribution in [3.8, 4) is 0 Å². The van der Waals surface area contributed by atoms with E-state index in [1.807, 2.05) is 48.5 Å². The number of aliphatic hydroxyl groups is 1. The van der Waals surface area contributed by atoms with Crippen molar-refractivity contribution in [2.45, 2.75) is 38.1 Å². The minimum absolute atomic E-state index is 0.000681. The number of hydrogen-bond donors (Lipinski definition) is 1. The smallest absolute Gasteiger partial charge is 0.274 e. The molecule has 1 aliphatic heterocycles. The average Bonchev–Trinajstić information content (AvgIpc) is 3.01. The SMILES string of the molecule is O=c1c2ccccc2c(Cc2ccc(Cl)cc2)nn1C1CCCN(CCCO)CC1. The van der Waals surface area contributed by atoms with Gasteiger partial charge in [-0.3, -0.25) is 4.79 Å². The minimum atomic E-state index is -0.000681. The van der Waals surface area contributed by atoms with Gasteiger partial charge in [-0.05, 0) is 56.0 Å². The molecule has 2 heterocycles. The van der Waals surface area contributed by atoms with E-state index >= 15 is 0 Å². The zero-order valence-electron chi connectivity index (χ0n) is 17.1. The fourth-order valence-corrected chi connectivity index (χ4v) is 4.47. The molecule has 2 aromatic carbocycles. The summed E-state index contributed by atoms with van der Waals surface area (Å²) in [6.07, 6.45) is 4.33. The highest BCUT2D eigenvalue weighted by molar-refractivity contribution is 6.30. The summed E-state index contributed by atoms with van der Waals surface area (Å²) in [6, 6.07) is 15.7. The van der Waals surface area contributed by atoms with Gasteiger partial charge in [-0.15, -0.1) is 0 Å². The molecule has 1 aliphatic rings. The summed E-state index contributed by atoms with van der Waals surface area (Å²) in [6.45, 7) is 3.07. The normalized spacial score (nSPS) is 17.9. The lowest BCUT2D eigenvalue weighted by atomic mass is 10.0. The first-order valence-corrected chi connectivity index (χ1v) is 11.1. The van der Waals surface area contributed by atoms with Gasteiger partial charge in [-0.25, -0.2) is 4.68 Å². The van der Waals surface area contributed by atoms with Crippen molar-refractivity contribution in [3.05, 3.63) is 75.2 Å². The second-order valence-electron chi connectivity index (χ2n) is 8.05. The van der Waals surface area contributed by atoms with Crippen LogP contribution in [0.5, 0.6) is 0 Å². The molecule has 1 saturated heterocycles. The molecule has 30 heavy (non-hydrogen) atoms. The number of rotatable bonds is 6. The lowest BCUT2D eigenvalue weighted by Gasteiger charge is -2.20. The van der Waals surface area contributed by atoms with Gasteiger partial charge in [0, 0.05) is 36.5 Å². The van der Waals surface area contributed by atoms with Crippen LogP contribution in [0.1, 0.15) is 43.0 Å². The Hall–Kier alpha value is -2.21. The number of benzene rings is 2. The van der Waals surface area contributed by atoms with Crippen LogP contribution in [0.25, 0.3) is 10.8 Å². The van der Waals surface area contributed by atoms with Gasteiger partial charge < -0.3 is 10.0 Å². The van der Waals surface area contributed by atoms with E-state index in [-0.39, 0.29) is 18.2 Å². The molecule has 0 spiro atoms. The van der Waals surface area contributed by atoms with Crippen LogP contribution in [0.2, 0.25) is 5.02 Å². The molecule has 0 radical (unpaired) electrons. The highest BCUT2D eigenvalue weighted by Crippen LogP contribution is 2.24. The molecule has 1 unspecified atom stereocenters. The number of halogens is 1. The van der Waals surface area contributed by atoms with Gasteiger partial charge in [0.15, 0.2) is 0 Å². The number of aliphatic hydroxyl groups excluding tert-OH is 1. The summed E-state index contributed by atoms with van der Waals surface area (Å²) in [7, 11) is 0. The molecule has 1 fully saturated rings. The molecule has 158 valence electrons. The van der Waals surface area contributed by atoms with Gasteiger partial charge >= 0.3 is 0 Å². The van der Waals surface area contributed by atoms with Gasteiger partial charge in [0.1, 0.15) is 0 Å². The molecular formula is C24H28ClN3O2. The fourth-order valence-electron chi connectivity index (χ4n) is 4.35. The molecule has 0 aliphatic carbocycles. The van der Waals surface area contributed by atoms with E-state index in [2.05, 4.69) is 4.90 Å². The Bertz CT molecular complexity index is 1050. The van der Waals surface area contributed by atoms with Crippen molar-refractivity contribution in [1.29, 1.82) is 0 Å². The van der Waals surface area contributed by atoms with Crippen LogP contribution in [0, 0.1) is 0 Å². The average molecular weight is 426 g/mol. The highest BCUT2D eigenvalue weighted by Gasteiger charge is 2.22. The maximum Gasteiger partial charge on any atom is 0.274 e. The van der Waals surface area contributed by atoms with E-state index < -0.39 is 0 Å².